The number of alkyl halides is 1. The topological polar surface area (TPSA) is 95.9 Å². The molecule has 24 heavy (non-hydrogen) atoms. The van der Waals surface area contributed by atoms with Gasteiger partial charge in [0.2, 0.25) is 5.91 Å². The number of rotatable bonds is 6. The van der Waals surface area contributed by atoms with Crippen LogP contribution in [0.3, 0.4) is 0 Å². The molecule has 0 aromatic rings. The van der Waals surface area contributed by atoms with Crippen LogP contribution in [0.1, 0.15) is 33.6 Å². The van der Waals surface area contributed by atoms with E-state index in [4.69, 9.17) is 4.74 Å². The van der Waals surface area contributed by atoms with Gasteiger partial charge in [-0.05, 0) is 33.6 Å². The number of halogens is 1. The molecule has 1 rings (SSSR count). The van der Waals surface area contributed by atoms with Crippen LogP contribution in [0.5, 0.6) is 0 Å². The van der Waals surface area contributed by atoms with Crippen molar-refractivity contribution >= 4 is 18.0 Å². The van der Waals surface area contributed by atoms with Crippen molar-refractivity contribution in [3.8, 4) is 0 Å². The zero-order chi connectivity index (χ0) is 18.5. The maximum atomic E-state index is 13.4. The number of nitrogens with zero attached hydrogens (tertiary/aromatic N) is 1. The molecule has 2 unspecified atom stereocenters. The van der Waals surface area contributed by atoms with E-state index in [1.807, 2.05) is 0 Å². The van der Waals surface area contributed by atoms with Gasteiger partial charge in [-0.1, -0.05) is 6.08 Å². The fourth-order valence-corrected chi connectivity index (χ4v) is 2.44. The maximum absolute atomic E-state index is 13.4. The van der Waals surface area contributed by atoms with E-state index in [2.05, 4.69) is 11.9 Å². The van der Waals surface area contributed by atoms with Gasteiger partial charge in [0.25, 0.3) is 0 Å². The quantitative estimate of drug-likeness (QED) is 0.715. The molecule has 3 atom stereocenters. The number of hydrogen-bond acceptors (Lipinski definition) is 4. The molecule has 0 saturated carbocycles. The van der Waals surface area contributed by atoms with Gasteiger partial charge in [-0.15, -0.1) is 6.58 Å². The van der Waals surface area contributed by atoms with Crippen LogP contribution >= 0.6 is 0 Å². The zero-order valence-electron chi connectivity index (χ0n) is 14.3. The van der Waals surface area contributed by atoms with Gasteiger partial charge in [0.1, 0.15) is 17.8 Å². The van der Waals surface area contributed by atoms with Crippen LogP contribution in [0.2, 0.25) is 0 Å². The van der Waals surface area contributed by atoms with Crippen LogP contribution in [0.15, 0.2) is 12.7 Å². The summed E-state index contributed by atoms with van der Waals surface area (Å²) in [7, 11) is 0. The number of aliphatic carboxylic acids is 1. The van der Waals surface area contributed by atoms with Crippen molar-refractivity contribution in [1.82, 2.24) is 10.2 Å². The molecule has 0 radical (unpaired) electrons. The Labute approximate surface area is 140 Å². The molecule has 2 amide bonds. The van der Waals surface area contributed by atoms with Crippen LogP contribution in [0.25, 0.3) is 0 Å². The summed E-state index contributed by atoms with van der Waals surface area (Å²) in [6.45, 7) is 8.51. The first kappa shape index (κ1) is 19.9. The van der Waals surface area contributed by atoms with Crippen molar-refractivity contribution in [1.29, 1.82) is 0 Å². The lowest BCUT2D eigenvalue weighted by Gasteiger charge is -2.29. The summed E-state index contributed by atoms with van der Waals surface area (Å²) < 4.78 is 18.4. The fourth-order valence-electron chi connectivity index (χ4n) is 2.44. The Kier molecular flexibility index (Phi) is 6.74. The fraction of sp³-hybridized carbons (Fsp3) is 0.688. The molecule has 136 valence electrons. The number of carboxylic acids is 1. The Morgan fingerprint density at radius 1 is 1.46 bits per heavy atom. The Hall–Kier alpha value is -2.12. The normalized spacial score (nSPS) is 20.2. The van der Waals surface area contributed by atoms with Crippen molar-refractivity contribution in [2.24, 2.45) is 5.92 Å². The van der Waals surface area contributed by atoms with Crippen molar-refractivity contribution in [3.63, 3.8) is 0 Å². The summed E-state index contributed by atoms with van der Waals surface area (Å²) in [5.41, 5.74) is -0.799. The van der Waals surface area contributed by atoms with E-state index in [1.54, 1.807) is 20.8 Å². The first-order valence-corrected chi connectivity index (χ1v) is 7.81. The molecule has 0 bridgehead atoms. The van der Waals surface area contributed by atoms with E-state index in [1.165, 1.54) is 11.0 Å². The highest BCUT2D eigenvalue weighted by atomic mass is 19.1. The van der Waals surface area contributed by atoms with Gasteiger partial charge < -0.3 is 20.1 Å². The number of carbonyl (C=O) groups is 3. The molecule has 8 heteroatoms. The molecule has 2 N–H and O–H groups in total. The predicted octanol–water partition coefficient (Wildman–Crippen LogP) is 1.73. The summed E-state index contributed by atoms with van der Waals surface area (Å²) in [5.74, 6) is -3.09. The Morgan fingerprint density at radius 3 is 2.50 bits per heavy atom. The number of likely N-dealkylation sites (tertiary alicyclic amines) is 1. The summed E-state index contributed by atoms with van der Waals surface area (Å²) >= 11 is 0. The zero-order valence-corrected chi connectivity index (χ0v) is 14.3. The molecule has 0 aromatic heterocycles. The largest absolute Gasteiger partial charge is 0.481 e. The number of amides is 2. The van der Waals surface area contributed by atoms with Gasteiger partial charge >= 0.3 is 12.1 Å². The van der Waals surface area contributed by atoms with Crippen molar-refractivity contribution in [3.05, 3.63) is 12.7 Å². The van der Waals surface area contributed by atoms with Crippen molar-refractivity contribution < 1.29 is 28.6 Å². The molecule has 1 heterocycles. The lowest BCUT2D eigenvalue weighted by Crippen LogP contribution is -2.54. The Bertz CT molecular complexity index is 503. The Morgan fingerprint density at radius 2 is 2.08 bits per heavy atom. The molecular weight excluding hydrogens is 319 g/mol. The van der Waals surface area contributed by atoms with Gasteiger partial charge in [0.15, 0.2) is 0 Å². The van der Waals surface area contributed by atoms with E-state index in [0.29, 0.717) is 0 Å². The van der Waals surface area contributed by atoms with E-state index in [9.17, 15) is 23.9 Å². The van der Waals surface area contributed by atoms with Crippen molar-refractivity contribution in [2.45, 2.75) is 51.4 Å². The first-order chi connectivity index (χ1) is 11.0. The minimum Gasteiger partial charge on any atom is -0.481 e. The highest BCUT2D eigenvalue weighted by Gasteiger charge is 2.39. The van der Waals surface area contributed by atoms with E-state index < -0.39 is 41.7 Å². The molecular formula is C16H25FN2O5. The second kappa shape index (κ2) is 8.12. The summed E-state index contributed by atoms with van der Waals surface area (Å²) in [6.07, 6.45) is -0.498. The van der Waals surface area contributed by atoms with Crippen LogP contribution in [-0.2, 0) is 14.3 Å². The van der Waals surface area contributed by atoms with E-state index in [0.717, 1.165) is 0 Å². The summed E-state index contributed by atoms with van der Waals surface area (Å²) in [4.78, 5) is 37.3. The molecule has 1 saturated heterocycles. The number of carboxylic acid groups (broad SMARTS) is 1. The van der Waals surface area contributed by atoms with Crippen LogP contribution in [0.4, 0.5) is 9.18 Å². The average molecular weight is 344 g/mol. The first-order valence-electron chi connectivity index (χ1n) is 7.81. The van der Waals surface area contributed by atoms with Crippen molar-refractivity contribution in [2.75, 3.05) is 13.1 Å². The maximum Gasteiger partial charge on any atom is 0.408 e. The monoisotopic (exact) mass is 344 g/mol. The molecule has 0 aliphatic carbocycles. The third-order valence-electron chi connectivity index (χ3n) is 3.52. The summed E-state index contributed by atoms with van der Waals surface area (Å²) in [5, 5.41) is 11.7. The lowest BCUT2D eigenvalue weighted by atomic mass is 9.95. The molecule has 1 aliphatic heterocycles. The molecule has 0 spiro atoms. The third kappa shape index (κ3) is 5.82. The predicted molar refractivity (Wildman–Crippen MR) is 85.2 cm³/mol. The molecule has 7 nitrogen and oxygen atoms in total. The minimum atomic E-state index is -1.35. The Balaban J connectivity index is 2.97. The van der Waals surface area contributed by atoms with E-state index in [-0.39, 0.29) is 25.9 Å². The number of ether oxygens (including phenoxy) is 1. The smallest absolute Gasteiger partial charge is 0.408 e. The van der Waals surface area contributed by atoms with E-state index >= 15 is 0 Å². The van der Waals surface area contributed by atoms with Gasteiger partial charge in [-0.3, -0.25) is 9.59 Å². The number of nitrogens with one attached hydrogen (secondary N) is 1. The number of hydrogen-bond donors (Lipinski definition) is 2. The minimum absolute atomic E-state index is 0.0194. The summed E-state index contributed by atoms with van der Waals surface area (Å²) in [6, 6.07) is -1.35. The van der Waals surface area contributed by atoms with Gasteiger partial charge in [0, 0.05) is 6.54 Å². The number of alkyl carbamates (subject to hydrolysis) is 1. The van der Waals surface area contributed by atoms with Gasteiger partial charge in [-0.2, -0.15) is 0 Å². The SMILES string of the molecule is C=CCC(C(=O)O)[C@H](NC(=O)OC(C)(C)C)C(=O)N1CCC(F)C1. The molecule has 1 aliphatic rings. The van der Waals surface area contributed by atoms with Gasteiger partial charge in [-0.25, -0.2) is 9.18 Å². The van der Waals surface area contributed by atoms with Gasteiger partial charge in [0.05, 0.1) is 12.5 Å². The molecule has 0 aromatic carbocycles. The average Bonchev–Trinajstić information content (AvgIpc) is 2.86. The highest BCUT2D eigenvalue weighted by molar-refractivity contribution is 5.90. The molecule has 1 fully saturated rings. The second-order valence-electron chi connectivity index (χ2n) is 6.76. The number of allylic oxidation sites excluding steroid dienone is 1. The third-order valence-corrected chi connectivity index (χ3v) is 3.52. The second-order valence-corrected chi connectivity index (χ2v) is 6.76. The van der Waals surface area contributed by atoms with Crippen LogP contribution < -0.4 is 5.32 Å². The lowest BCUT2D eigenvalue weighted by molar-refractivity contribution is -0.147. The van der Waals surface area contributed by atoms with Crippen LogP contribution in [-0.4, -0.2) is 58.9 Å². The highest BCUT2D eigenvalue weighted by Crippen LogP contribution is 2.19. The van der Waals surface area contributed by atoms with Crippen LogP contribution in [0, 0.1) is 5.92 Å². The standard InChI is InChI=1S/C16H25FN2O5/c1-5-6-11(14(21)22)12(18-15(23)24-16(2,3)4)13(20)19-8-7-10(17)9-19/h5,10-12H,1,6-9H2,2-4H3,(H,18,23)(H,21,22)/t10?,11?,12-/m0/s1. The number of carbonyl (C=O) groups excluding carboxylic acids is 2.